The summed E-state index contributed by atoms with van der Waals surface area (Å²) >= 11 is 0. The number of phenols is 1. The van der Waals surface area contributed by atoms with Crippen molar-refractivity contribution in [2.75, 3.05) is 17.6 Å². The van der Waals surface area contributed by atoms with Crippen LogP contribution in [0.2, 0.25) is 0 Å². The van der Waals surface area contributed by atoms with Crippen LogP contribution in [0.3, 0.4) is 0 Å². The maximum absolute atomic E-state index is 11.9. The fourth-order valence-electron chi connectivity index (χ4n) is 2.27. The number of sulfone groups is 1. The molecule has 0 radical (unpaired) electrons. The van der Waals surface area contributed by atoms with Crippen molar-refractivity contribution in [1.82, 2.24) is 4.90 Å². The van der Waals surface area contributed by atoms with E-state index >= 15 is 0 Å². The highest BCUT2D eigenvalue weighted by Crippen LogP contribution is 2.27. The van der Waals surface area contributed by atoms with Crippen molar-refractivity contribution in [3.05, 3.63) is 18.2 Å². The molecule has 1 aromatic rings. The summed E-state index contributed by atoms with van der Waals surface area (Å²) in [6.45, 7) is 1.45. The lowest BCUT2D eigenvalue weighted by atomic mass is 10.2. The third-order valence-electron chi connectivity index (χ3n) is 3.70. The summed E-state index contributed by atoms with van der Waals surface area (Å²) in [5.41, 5.74) is -0.0337. The Morgan fingerprint density at radius 3 is 2.46 bits per heavy atom. The van der Waals surface area contributed by atoms with Gasteiger partial charge in [0.25, 0.3) is 0 Å². The predicted octanol–water partition coefficient (Wildman–Crippen LogP) is 0.663. The normalized spacial score (nSPS) is 15.0. The van der Waals surface area contributed by atoms with Gasteiger partial charge in [0.2, 0.25) is 17.7 Å². The molecule has 2 rings (SSSR count). The lowest BCUT2D eigenvalue weighted by Gasteiger charge is -2.14. The fraction of sp³-hybridized carbons (Fsp3) is 0.400. The molecule has 0 spiro atoms. The molecule has 0 atom stereocenters. The number of carbonyl (C=O) groups is 3. The van der Waals surface area contributed by atoms with E-state index in [-0.39, 0.29) is 59.7 Å². The molecule has 24 heavy (non-hydrogen) atoms. The van der Waals surface area contributed by atoms with Gasteiger partial charge in [-0.3, -0.25) is 19.3 Å². The molecule has 3 amide bonds. The van der Waals surface area contributed by atoms with Gasteiger partial charge in [-0.05, 0) is 18.2 Å². The summed E-state index contributed by atoms with van der Waals surface area (Å²) in [6.07, 6.45) is 0.165. The van der Waals surface area contributed by atoms with Crippen LogP contribution >= 0.6 is 0 Å². The number of hydrogen-bond donors (Lipinski definition) is 2. The monoisotopic (exact) mass is 354 g/mol. The summed E-state index contributed by atoms with van der Waals surface area (Å²) in [5, 5.41) is 12.2. The second kappa shape index (κ2) is 7.00. The third-order valence-corrected chi connectivity index (χ3v) is 5.43. The number of rotatable bonds is 6. The molecule has 0 bridgehead atoms. The Morgan fingerprint density at radius 1 is 1.25 bits per heavy atom. The standard InChI is InChI=1S/C15H18N2O6S/c1-2-24(22,23)10-3-4-12(18)11(9-10)16-13(19)7-8-17-14(20)5-6-15(17)21/h3-4,9,18H,2,5-8H2,1H3,(H,16,19). The van der Waals surface area contributed by atoms with E-state index in [0.29, 0.717) is 0 Å². The molecule has 1 aliphatic heterocycles. The molecule has 9 heteroatoms. The highest BCUT2D eigenvalue weighted by molar-refractivity contribution is 7.91. The second-order valence-corrected chi connectivity index (χ2v) is 7.60. The van der Waals surface area contributed by atoms with Gasteiger partial charge in [-0.1, -0.05) is 6.92 Å². The Morgan fingerprint density at radius 2 is 1.88 bits per heavy atom. The average Bonchev–Trinajstić information content (AvgIpc) is 2.86. The van der Waals surface area contributed by atoms with E-state index in [4.69, 9.17) is 0 Å². The molecule has 130 valence electrons. The Hall–Kier alpha value is -2.42. The number of imide groups is 1. The van der Waals surface area contributed by atoms with Gasteiger partial charge in [-0.2, -0.15) is 0 Å². The van der Waals surface area contributed by atoms with Crippen molar-refractivity contribution < 1.29 is 27.9 Å². The minimum Gasteiger partial charge on any atom is -0.506 e. The topological polar surface area (TPSA) is 121 Å². The number of phenolic OH excluding ortho intramolecular Hbond substituents is 1. The molecule has 0 aliphatic carbocycles. The van der Waals surface area contributed by atoms with Gasteiger partial charge in [0.05, 0.1) is 16.3 Å². The van der Waals surface area contributed by atoms with Crippen LogP contribution in [-0.2, 0) is 24.2 Å². The van der Waals surface area contributed by atoms with Crippen molar-refractivity contribution in [3.63, 3.8) is 0 Å². The maximum Gasteiger partial charge on any atom is 0.229 e. The Labute approximate surface area is 139 Å². The van der Waals surface area contributed by atoms with E-state index in [2.05, 4.69) is 5.32 Å². The van der Waals surface area contributed by atoms with E-state index < -0.39 is 15.7 Å². The Bertz CT molecular complexity index is 771. The first-order chi connectivity index (χ1) is 11.2. The molecule has 1 heterocycles. The molecule has 2 N–H and O–H groups in total. The van der Waals surface area contributed by atoms with Crippen molar-refractivity contribution in [2.45, 2.75) is 31.1 Å². The van der Waals surface area contributed by atoms with Gasteiger partial charge in [0.15, 0.2) is 9.84 Å². The van der Waals surface area contributed by atoms with Crippen LogP contribution in [0.1, 0.15) is 26.2 Å². The number of nitrogens with zero attached hydrogens (tertiary/aromatic N) is 1. The van der Waals surface area contributed by atoms with Crippen LogP contribution in [0, 0.1) is 0 Å². The molecule has 8 nitrogen and oxygen atoms in total. The van der Waals surface area contributed by atoms with Gasteiger partial charge >= 0.3 is 0 Å². The first-order valence-electron chi connectivity index (χ1n) is 7.43. The minimum atomic E-state index is -3.47. The number of anilines is 1. The lowest BCUT2D eigenvalue weighted by Crippen LogP contribution is -2.32. The predicted molar refractivity (Wildman–Crippen MR) is 85.0 cm³/mol. The third kappa shape index (κ3) is 3.91. The number of amides is 3. The highest BCUT2D eigenvalue weighted by atomic mass is 32.2. The van der Waals surface area contributed by atoms with Gasteiger partial charge in [0, 0.05) is 25.8 Å². The minimum absolute atomic E-state index is 0.0111. The molecule has 0 aromatic heterocycles. The number of aromatic hydroxyl groups is 1. The molecule has 0 saturated carbocycles. The number of hydrogen-bond acceptors (Lipinski definition) is 6. The van der Waals surface area contributed by atoms with E-state index in [9.17, 15) is 27.9 Å². The van der Waals surface area contributed by atoms with Crippen molar-refractivity contribution >= 4 is 33.2 Å². The smallest absolute Gasteiger partial charge is 0.229 e. The molecule has 0 unspecified atom stereocenters. The highest BCUT2D eigenvalue weighted by Gasteiger charge is 2.28. The van der Waals surface area contributed by atoms with E-state index in [0.717, 1.165) is 4.90 Å². The SMILES string of the molecule is CCS(=O)(=O)c1ccc(O)c(NC(=O)CCN2C(=O)CCC2=O)c1. The zero-order chi connectivity index (χ0) is 17.9. The van der Waals surface area contributed by atoms with Gasteiger partial charge in [-0.15, -0.1) is 0 Å². The number of benzene rings is 1. The lowest BCUT2D eigenvalue weighted by molar-refractivity contribution is -0.138. The quantitative estimate of drug-likeness (QED) is 0.572. The largest absolute Gasteiger partial charge is 0.506 e. The summed E-state index contributed by atoms with van der Waals surface area (Å²) in [7, 11) is -3.47. The van der Waals surface area contributed by atoms with E-state index in [1.165, 1.54) is 25.1 Å². The molecule has 1 fully saturated rings. The zero-order valence-electron chi connectivity index (χ0n) is 13.1. The first-order valence-corrected chi connectivity index (χ1v) is 9.08. The van der Waals surface area contributed by atoms with Crippen LogP contribution in [0.15, 0.2) is 23.1 Å². The van der Waals surface area contributed by atoms with E-state index in [1.807, 2.05) is 0 Å². The molecule has 1 aliphatic rings. The van der Waals surface area contributed by atoms with Gasteiger partial charge < -0.3 is 10.4 Å². The van der Waals surface area contributed by atoms with Crippen LogP contribution in [0.5, 0.6) is 5.75 Å². The Balaban J connectivity index is 2.05. The maximum atomic E-state index is 11.9. The second-order valence-electron chi connectivity index (χ2n) is 5.32. The van der Waals surface area contributed by atoms with E-state index in [1.54, 1.807) is 0 Å². The van der Waals surface area contributed by atoms with Crippen molar-refractivity contribution in [3.8, 4) is 5.75 Å². The van der Waals surface area contributed by atoms with Crippen LogP contribution in [0.25, 0.3) is 0 Å². The van der Waals surface area contributed by atoms with Gasteiger partial charge in [0.1, 0.15) is 5.75 Å². The molecule has 1 aromatic carbocycles. The number of carbonyl (C=O) groups excluding carboxylic acids is 3. The van der Waals surface area contributed by atoms with Crippen molar-refractivity contribution in [1.29, 1.82) is 0 Å². The van der Waals surface area contributed by atoms with Crippen LogP contribution in [0.4, 0.5) is 5.69 Å². The molecule has 1 saturated heterocycles. The first kappa shape index (κ1) is 17.9. The molecular weight excluding hydrogens is 336 g/mol. The Kier molecular flexibility index (Phi) is 5.23. The van der Waals surface area contributed by atoms with Crippen molar-refractivity contribution in [2.24, 2.45) is 0 Å². The van der Waals surface area contributed by atoms with Crippen LogP contribution < -0.4 is 5.32 Å². The number of likely N-dealkylation sites (tertiary alicyclic amines) is 1. The summed E-state index contributed by atoms with van der Waals surface area (Å²) in [6, 6.07) is 3.62. The zero-order valence-corrected chi connectivity index (χ0v) is 13.9. The summed E-state index contributed by atoms with van der Waals surface area (Å²) in [4.78, 5) is 35.9. The average molecular weight is 354 g/mol. The van der Waals surface area contributed by atoms with Gasteiger partial charge in [-0.25, -0.2) is 8.42 Å². The molecular formula is C15H18N2O6S. The summed E-state index contributed by atoms with van der Waals surface area (Å²) in [5.74, 6) is -1.54. The number of nitrogens with one attached hydrogen (secondary N) is 1. The fourth-order valence-corrected chi connectivity index (χ4v) is 3.18. The summed E-state index contributed by atoms with van der Waals surface area (Å²) < 4.78 is 23.7. The van der Waals surface area contributed by atoms with Crippen LogP contribution in [-0.4, -0.2) is 48.4 Å².